The second-order valence-corrected chi connectivity index (χ2v) is 12.5. The number of nitrogens with zero attached hydrogens (tertiary/aromatic N) is 2. The zero-order chi connectivity index (χ0) is 30.0. The van der Waals surface area contributed by atoms with E-state index in [1.54, 1.807) is 14.1 Å². The van der Waals surface area contributed by atoms with Crippen LogP contribution in [0.1, 0.15) is 50.8 Å². The maximum Gasteiger partial charge on any atom is 0.255 e. The lowest BCUT2D eigenvalue weighted by molar-refractivity contribution is -0.153. The number of nitrogens with two attached hydrogens (primary N) is 1. The molecule has 0 aromatic heterocycles. The van der Waals surface area contributed by atoms with Crippen molar-refractivity contribution < 1.29 is 34.8 Å². The first-order valence-electron chi connectivity index (χ1n) is 13.5. The number of ketones is 2. The number of aromatic hydroxyl groups is 1. The molecule has 1 aromatic carbocycles. The third kappa shape index (κ3) is 4.51. The second-order valence-electron chi connectivity index (χ2n) is 12.1. The number of carbonyl (C=O) groups is 3. The number of Topliss-reactive ketones (excluding diaryl/α,β-unsaturated/α-hetero) is 2. The average Bonchev–Trinajstić information content (AvgIpc) is 2.83. The Morgan fingerprint density at radius 3 is 2.33 bits per heavy atom. The SMILES string of the molecule is CC(C)CN(Cc1cc(O)c2c(c1Cl)C[C@H]1C[C@H]3[C@H](N(C)C)C(=O)C(C(N)=O)=C(O)C3(O)C(=O)C1=C2O)C(C)C. The summed E-state index contributed by atoms with van der Waals surface area (Å²) in [4.78, 5) is 42.9. The molecular formula is C29H38ClN3O7. The van der Waals surface area contributed by atoms with Gasteiger partial charge >= 0.3 is 0 Å². The van der Waals surface area contributed by atoms with E-state index in [0.29, 0.717) is 28.6 Å². The van der Waals surface area contributed by atoms with E-state index in [1.807, 2.05) is 0 Å². The van der Waals surface area contributed by atoms with Gasteiger partial charge in [0, 0.05) is 35.6 Å². The lowest BCUT2D eigenvalue weighted by atomic mass is 9.57. The van der Waals surface area contributed by atoms with Crippen LogP contribution in [0, 0.1) is 17.8 Å². The molecule has 0 bridgehead atoms. The van der Waals surface area contributed by atoms with Crippen molar-refractivity contribution in [2.45, 2.75) is 64.8 Å². The van der Waals surface area contributed by atoms with Crippen LogP contribution in [-0.4, -0.2) is 86.0 Å². The van der Waals surface area contributed by atoms with Crippen molar-refractivity contribution in [2.24, 2.45) is 23.5 Å². The summed E-state index contributed by atoms with van der Waals surface area (Å²) < 4.78 is 0. The van der Waals surface area contributed by atoms with Crippen LogP contribution in [0.15, 0.2) is 23.0 Å². The summed E-state index contributed by atoms with van der Waals surface area (Å²) in [7, 11) is 3.12. The van der Waals surface area contributed by atoms with Crippen molar-refractivity contribution in [2.75, 3.05) is 20.6 Å². The monoisotopic (exact) mass is 575 g/mol. The number of phenols is 1. The first-order chi connectivity index (χ1) is 18.5. The summed E-state index contributed by atoms with van der Waals surface area (Å²) in [6.07, 6.45) is 0.166. The zero-order valence-electron chi connectivity index (χ0n) is 23.7. The molecule has 0 aliphatic heterocycles. The van der Waals surface area contributed by atoms with E-state index in [0.717, 1.165) is 6.54 Å². The van der Waals surface area contributed by atoms with Crippen molar-refractivity contribution in [3.63, 3.8) is 0 Å². The molecule has 10 nitrogen and oxygen atoms in total. The van der Waals surface area contributed by atoms with Gasteiger partial charge in [-0.3, -0.25) is 24.2 Å². The number of primary amides is 1. The number of hydrogen-bond acceptors (Lipinski definition) is 9. The predicted molar refractivity (Wildman–Crippen MR) is 150 cm³/mol. The third-order valence-corrected chi connectivity index (χ3v) is 8.90. The minimum Gasteiger partial charge on any atom is -0.508 e. The number of aliphatic hydroxyl groups is 3. The van der Waals surface area contributed by atoms with E-state index in [9.17, 15) is 34.8 Å². The Balaban J connectivity index is 1.87. The van der Waals surface area contributed by atoms with Crippen LogP contribution in [0.5, 0.6) is 5.75 Å². The van der Waals surface area contributed by atoms with E-state index in [4.69, 9.17) is 17.3 Å². The number of carbonyl (C=O) groups excluding carboxylic acids is 3. The lowest BCUT2D eigenvalue weighted by Crippen LogP contribution is -2.65. The van der Waals surface area contributed by atoms with Crippen molar-refractivity contribution >= 4 is 34.8 Å². The number of hydrogen-bond donors (Lipinski definition) is 5. The van der Waals surface area contributed by atoms with Gasteiger partial charge in [-0.25, -0.2) is 0 Å². The van der Waals surface area contributed by atoms with E-state index < -0.39 is 58.0 Å². The van der Waals surface area contributed by atoms with Crippen LogP contribution < -0.4 is 5.73 Å². The molecule has 0 radical (unpaired) electrons. The van der Waals surface area contributed by atoms with E-state index >= 15 is 0 Å². The summed E-state index contributed by atoms with van der Waals surface area (Å²) >= 11 is 6.89. The summed E-state index contributed by atoms with van der Waals surface area (Å²) in [5.41, 5.74) is 2.78. The highest BCUT2D eigenvalue weighted by molar-refractivity contribution is 6.32. The number of benzene rings is 1. The molecule has 40 heavy (non-hydrogen) atoms. The van der Waals surface area contributed by atoms with Crippen LogP contribution in [0.2, 0.25) is 5.02 Å². The standard InChI is InChI=1S/C29H38ClN3O7/c1-12(2)10-33(13(3)4)11-15-9-18(34)20-16(22(15)30)7-14-8-17-23(32(5)6)25(36)21(28(31)39)27(38)29(17,40)26(37)19(14)24(20)35/h9,12-14,17,23,34-35,38,40H,7-8,10-11H2,1-6H3,(H2,31,39)/t14-,17-,23-,29?/m0/s1. The number of rotatable bonds is 7. The molecule has 0 saturated heterocycles. The number of likely N-dealkylation sites (N-methyl/N-ethyl adjacent to an activating group) is 1. The van der Waals surface area contributed by atoms with Gasteiger partial charge in [-0.15, -0.1) is 0 Å². The summed E-state index contributed by atoms with van der Waals surface area (Å²) in [5.74, 6) is -6.44. The molecule has 3 aliphatic rings. The smallest absolute Gasteiger partial charge is 0.255 e. The maximum absolute atomic E-state index is 13.9. The molecule has 1 unspecified atom stereocenters. The van der Waals surface area contributed by atoms with Gasteiger partial charge in [0.25, 0.3) is 5.91 Å². The number of amides is 1. The lowest BCUT2D eigenvalue weighted by Gasteiger charge is -2.50. The van der Waals surface area contributed by atoms with Crippen molar-refractivity contribution in [1.82, 2.24) is 9.80 Å². The van der Waals surface area contributed by atoms with Crippen LogP contribution >= 0.6 is 11.6 Å². The normalized spacial score (nSPS) is 26.6. The Labute approximate surface area is 238 Å². The van der Waals surface area contributed by atoms with Crippen LogP contribution in [-0.2, 0) is 27.3 Å². The van der Waals surface area contributed by atoms with E-state index in [2.05, 4.69) is 32.6 Å². The van der Waals surface area contributed by atoms with Gasteiger partial charge < -0.3 is 26.2 Å². The molecule has 4 rings (SSSR count). The Morgan fingerprint density at radius 2 is 1.80 bits per heavy atom. The Bertz CT molecular complexity index is 1350. The topological polar surface area (TPSA) is 165 Å². The van der Waals surface area contributed by atoms with Gasteiger partial charge in [-0.1, -0.05) is 25.4 Å². The van der Waals surface area contributed by atoms with Crippen molar-refractivity contribution in [3.05, 3.63) is 44.7 Å². The average molecular weight is 576 g/mol. The quantitative estimate of drug-likeness (QED) is 0.307. The summed E-state index contributed by atoms with van der Waals surface area (Å²) in [6.45, 7) is 9.65. The Morgan fingerprint density at radius 1 is 1.18 bits per heavy atom. The fourth-order valence-corrected chi connectivity index (χ4v) is 6.89. The van der Waals surface area contributed by atoms with Gasteiger partial charge in [0.15, 0.2) is 11.4 Å². The summed E-state index contributed by atoms with van der Waals surface area (Å²) in [6, 6.07) is 0.550. The third-order valence-electron chi connectivity index (χ3n) is 8.43. The fraction of sp³-hybridized carbons (Fsp3) is 0.552. The summed E-state index contributed by atoms with van der Waals surface area (Å²) in [5, 5.41) is 45.4. The van der Waals surface area contributed by atoms with Crippen LogP contribution in [0.4, 0.5) is 0 Å². The molecule has 3 aliphatic carbocycles. The molecule has 11 heteroatoms. The molecule has 218 valence electrons. The van der Waals surface area contributed by atoms with Gasteiger partial charge in [-0.2, -0.15) is 0 Å². The highest BCUT2D eigenvalue weighted by atomic mass is 35.5. The molecule has 1 amide bonds. The highest BCUT2D eigenvalue weighted by Gasteiger charge is 2.64. The first-order valence-corrected chi connectivity index (χ1v) is 13.8. The molecule has 4 atom stereocenters. The minimum atomic E-state index is -2.67. The molecule has 6 N–H and O–H groups in total. The van der Waals surface area contributed by atoms with Crippen LogP contribution in [0.3, 0.4) is 0 Å². The van der Waals surface area contributed by atoms with Crippen molar-refractivity contribution in [3.8, 4) is 5.75 Å². The maximum atomic E-state index is 13.9. The minimum absolute atomic E-state index is 0.00926. The number of fused-ring (bicyclic) bond motifs is 3. The predicted octanol–water partition coefficient (Wildman–Crippen LogP) is 2.48. The molecular weight excluding hydrogens is 538 g/mol. The Kier molecular flexibility index (Phi) is 7.87. The largest absolute Gasteiger partial charge is 0.508 e. The van der Waals surface area contributed by atoms with Gasteiger partial charge in [0.2, 0.25) is 5.78 Å². The molecule has 0 spiro atoms. The van der Waals surface area contributed by atoms with Gasteiger partial charge in [0.05, 0.1) is 11.6 Å². The van der Waals surface area contributed by atoms with E-state index in [1.165, 1.54) is 11.0 Å². The van der Waals surface area contributed by atoms with E-state index in [-0.39, 0.29) is 35.8 Å². The number of phenolic OH excluding ortho intramolecular Hbond substituents is 1. The first kappa shape index (κ1) is 30.0. The molecule has 1 fully saturated rings. The Hall–Kier alpha value is -2.92. The fourth-order valence-electron chi connectivity index (χ4n) is 6.61. The van der Waals surface area contributed by atoms with Crippen LogP contribution in [0.25, 0.3) is 5.76 Å². The van der Waals surface area contributed by atoms with Crippen molar-refractivity contribution in [1.29, 1.82) is 0 Å². The zero-order valence-corrected chi connectivity index (χ0v) is 24.4. The number of halogens is 1. The molecule has 1 saturated carbocycles. The molecule has 1 aromatic rings. The number of aliphatic hydroxyl groups excluding tert-OH is 2. The van der Waals surface area contributed by atoms with Gasteiger partial charge in [-0.05, 0) is 69.8 Å². The molecule has 0 heterocycles. The highest BCUT2D eigenvalue weighted by Crippen LogP contribution is 2.53. The second kappa shape index (κ2) is 10.5. The van der Waals surface area contributed by atoms with Gasteiger partial charge in [0.1, 0.15) is 22.8 Å².